The van der Waals surface area contributed by atoms with Gasteiger partial charge in [-0.05, 0) is 40.7 Å². The Balaban J connectivity index is 2.35. The zero-order valence-electron chi connectivity index (χ0n) is 9.53. The molecule has 0 aromatic carbocycles. The lowest BCUT2D eigenvalue weighted by molar-refractivity contribution is 0.0846. The first-order chi connectivity index (χ1) is 7.53. The van der Waals surface area contributed by atoms with Gasteiger partial charge in [0, 0.05) is 35.7 Å². The van der Waals surface area contributed by atoms with Crippen LogP contribution in [0.5, 0.6) is 0 Å². The molecule has 0 radical (unpaired) electrons. The van der Waals surface area contributed by atoms with Crippen LogP contribution in [0.2, 0.25) is 0 Å². The maximum absolute atomic E-state index is 9.94. The van der Waals surface area contributed by atoms with E-state index in [2.05, 4.69) is 26.2 Å². The molecule has 1 heterocycles. The molecule has 0 saturated heterocycles. The van der Waals surface area contributed by atoms with Crippen molar-refractivity contribution < 1.29 is 5.11 Å². The van der Waals surface area contributed by atoms with Gasteiger partial charge in [-0.3, -0.25) is 4.98 Å². The molecule has 0 aliphatic carbocycles. The number of thioether (sulfide) groups is 1. The van der Waals surface area contributed by atoms with Crippen LogP contribution in [-0.4, -0.2) is 34.2 Å². The van der Waals surface area contributed by atoms with Gasteiger partial charge in [0.2, 0.25) is 0 Å². The molecule has 1 unspecified atom stereocenters. The number of pyridine rings is 1. The maximum Gasteiger partial charge on any atom is 0.0833 e. The number of nitrogens with zero attached hydrogens (tertiary/aromatic N) is 1. The van der Waals surface area contributed by atoms with E-state index < -0.39 is 5.60 Å². The van der Waals surface area contributed by atoms with Gasteiger partial charge in [-0.15, -0.1) is 0 Å². The van der Waals surface area contributed by atoms with Gasteiger partial charge in [-0.25, -0.2) is 0 Å². The summed E-state index contributed by atoms with van der Waals surface area (Å²) in [6.07, 6.45) is 5.57. The summed E-state index contributed by atoms with van der Waals surface area (Å²) >= 11 is 5.02. The van der Waals surface area contributed by atoms with E-state index in [4.69, 9.17) is 0 Å². The van der Waals surface area contributed by atoms with Crippen LogP contribution in [0.25, 0.3) is 0 Å². The molecule has 1 rings (SSSR count). The molecule has 1 atom stereocenters. The fourth-order valence-corrected chi connectivity index (χ4v) is 2.53. The normalized spacial score (nSPS) is 14.8. The molecule has 90 valence electrons. The largest absolute Gasteiger partial charge is 0.388 e. The second-order valence-electron chi connectivity index (χ2n) is 4.04. The van der Waals surface area contributed by atoms with Gasteiger partial charge >= 0.3 is 0 Å². The van der Waals surface area contributed by atoms with Crippen molar-refractivity contribution in [2.45, 2.75) is 19.1 Å². The number of hydrogen-bond donors (Lipinski definition) is 2. The minimum absolute atomic E-state index is 0.584. The molecular weight excluding hydrogens is 288 g/mol. The molecule has 0 bridgehead atoms. The van der Waals surface area contributed by atoms with E-state index in [1.165, 1.54) is 0 Å². The molecule has 0 spiro atoms. The van der Waals surface area contributed by atoms with E-state index in [0.717, 1.165) is 22.3 Å². The van der Waals surface area contributed by atoms with Gasteiger partial charge in [-0.1, -0.05) is 0 Å². The molecule has 0 aliphatic rings. The standard InChI is InChI=1S/C11H17BrN2OS/c1-11(15,8-16-2)7-14-5-9-3-10(12)6-13-4-9/h3-4,6,14-15H,5,7-8H2,1-2H3. The molecule has 16 heavy (non-hydrogen) atoms. The van der Waals surface area contributed by atoms with Gasteiger partial charge in [-0.2, -0.15) is 11.8 Å². The number of aliphatic hydroxyl groups is 1. The van der Waals surface area contributed by atoms with Crippen LogP contribution in [0, 0.1) is 0 Å². The Bertz CT molecular complexity index is 334. The zero-order valence-corrected chi connectivity index (χ0v) is 11.9. The Morgan fingerprint density at radius 2 is 2.31 bits per heavy atom. The molecule has 1 aromatic rings. The Labute approximate surface area is 109 Å². The summed E-state index contributed by atoms with van der Waals surface area (Å²) in [5.41, 5.74) is 0.452. The molecule has 5 heteroatoms. The van der Waals surface area contributed by atoms with E-state index in [9.17, 15) is 5.11 Å². The predicted molar refractivity (Wildman–Crippen MR) is 72.6 cm³/mol. The second-order valence-corrected chi connectivity index (χ2v) is 5.83. The SMILES string of the molecule is CSCC(C)(O)CNCc1cncc(Br)c1. The molecule has 0 saturated carbocycles. The first kappa shape index (κ1) is 14.0. The number of halogens is 1. The number of hydrogen-bond acceptors (Lipinski definition) is 4. The third-order valence-corrected chi connectivity index (χ3v) is 3.40. The van der Waals surface area contributed by atoms with Gasteiger partial charge in [0.25, 0.3) is 0 Å². The van der Waals surface area contributed by atoms with Gasteiger partial charge < -0.3 is 10.4 Å². The summed E-state index contributed by atoms with van der Waals surface area (Å²) in [7, 11) is 0. The van der Waals surface area contributed by atoms with Crippen molar-refractivity contribution in [3.8, 4) is 0 Å². The minimum Gasteiger partial charge on any atom is -0.388 e. The summed E-state index contributed by atoms with van der Waals surface area (Å²) < 4.78 is 0.975. The van der Waals surface area contributed by atoms with Crippen LogP contribution in [0.1, 0.15) is 12.5 Å². The van der Waals surface area contributed by atoms with E-state index in [-0.39, 0.29) is 0 Å². The van der Waals surface area contributed by atoms with Crippen molar-refractivity contribution in [3.05, 3.63) is 28.5 Å². The molecule has 0 fully saturated rings. The third-order valence-electron chi connectivity index (χ3n) is 2.05. The summed E-state index contributed by atoms with van der Waals surface area (Å²) in [5.74, 6) is 0.733. The molecule has 0 aliphatic heterocycles. The average molecular weight is 305 g/mol. The van der Waals surface area contributed by atoms with E-state index in [1.807, 2.05) is 25.4 Å². The smallest absolute Gasteiger partial charge is 0.0833 e. The highest BCUT2D eigenvalue weighted by molar-refractivity contribution is 9.10. The lowest BCUT2D eigenvalue weighted by Crippen LogP contribution is -2.39. The predicted octanol–water partition coefficient (Wildman–Crippen LogP) is 2.05. The summed E-state index contributed by atoms with van der Waals surface area (Å²) in [6, 6.07) is 2.02. The van der Waals surface area contributed by atoms with Crippen LogP contribution in [-0.2, 0) is 6.54 Å². The van der Waals surface area contributed by atoms with Crippen molar-refractivity contribution in [1.29, 1.82) is 0 Å². The average Bonchev–Trinajstić information content (AvgIpc) is 2.17. The van der Waals surface area contributed by atoms with Gasteiger partial charge in [0.1, 0.15) is 0 Å². The lowest BCUT2D eigenvalue weighted by atomic mass is 10.1. The molecule has 0 amide bonds. The molecule has 1 aromatic heterocycles. The van der Waals surface area contributed by atoms with Crippen molar-refractivity contribution in [3.63, 3.8) is 0 Å². The van der Waals surface area contributed by atoms with Crippen molar-refractivity contribution in [1.82, 2.24) is 10.3 Å². The van der Waals surface area contributed by atoms with Crippen LogP contribution in [0.3, 0.4) is 0 Å². The van der Waals surface area contributed by atoms with Crippen LogP contribution in [0.15, 0.2) is 22.9 Å². The third kappa shape index (κ3) is 5.30. The Morgan fingerprint density at radius 1 is 1.56 bits per heavy atom. The lowest BCUT2D eigenvalue weighted by Gasteiger charge is -2.22. The Morgan fingerprint density at radius 3 is 2.94 bits per heavy atom. The summed E-state index contributed by atoms with van der Waals surface area (Å²) in [4.78, 5) is 4.08. The first-order valence-electron chi connectivity index (χ1n) is 5.05. The van der Waals surface area contributed by atoms with Crippen molar-refractivity contribution in [2.24, 2.45) is 0 Å². The van der Waals surface area contributed by atoms with Crippen LogP contribution < -0.4 is 5.32 Å². The highest BCUT2D eigenvalue weighted by atomic mass is 79.9. The van der Waals surface area contributed by atoms with Crippen molar-refractivity contribution in [2.75, 3.05) is 18.6 Å². The van der Waals surface area contributed by atoms with E-state index >= 15 is 0 Å². The van der Waals surface area contributed by atoms with Crippen LogP contribution >= 0.6 is 27.7 Å². The molecular formula is C11H17BrN2OS. The van der Waals surface area contributed by atoms with Gasteiger partial charge in [0.15, 0.2) is 0 Å². The topological polar surface area (TPSA) is 45.1 Å². The summed E-state index contributed by atoms with van der Waals surface area (Å²) in [6.45, 7) is 3.15. The van der Waals surface area contributed by atoms with E-state index in [1.54, 1.807) is 18.0 Å². The van der Waals surface area contributed by atoms with E-state index in [0.29, 0.717) is 6.54 Å². The highest BCUT2D eigenvalue weighted by Crippen LogP contribution is 2.11. The van der Waals surface area contributed by atoms with Crippen molar-refractivity contribution >= 4 is 27.7 Å². The van der Waals surface area contributed by atoms with Gasteiger partial charge in [0.05, 0.1) is 5.60 Å². The highest BCUT2D eigenvalue weighted by Gasteiger charge is 2.18. The Hall–Kier alpha value is -0.100. The maximum atomic E-state index is 9.94. The fourth-order valence-electron chi connectivity index (χ4n) is 1.39. The molecule has 3 nitrogen and oxygen atoms in total. The number of rotatable bonds is 6. The fraction of sp³-hybridized carbons (Fsp3) is 0.545. The second kappa shape index (κ2) is 6.59. The quantitative estimate of drug-likeness (QED) is 0.844. The minimum atomic E-state index is -0.654. The number of nitrogens with one attached hydrogen (secondary N) is 1. The summed E-state index contributed by atoms with van der Waals surface area (Å²) in [5, 5.41) is 13.2. The number of aromatic nitrogens is 1. The first-order valence-corrected chi connectivity index (χ1v) is 7.24. The van der Waals surface area contributed by atoms with Crippen LogP contribution in [0.4, 0.5) is 0 Å². The Kier molecular flexibility index (Phi) is 5.75. The zero-order chi connectivity index (χ0) is 12.0. The monoisotopic (exact) mass is 304 g/mol. The molecule has 2 N–H and O–H groups in total.